The topological polar surface area (TPSA) is 37.8 Å². The molecule has 0 unspecified atom stereocenters. The van der Waals surface area contributed by atoms with Crippen molar-refractivity contribution < 1.29 is 0 Å². The molecule has 58 valence electrons. The summed E-state index contributed by atoms with van der Waals surface area (Å²) in [5.74, 6) is 0.541. The Morgan fingerprint density at radius 3 is 2.64 bits per heavy atom. The Labute approximate surface area is 69.8 Å². The highest BCUT2D eigenvalue weighted by molar-refractivity contribution is 6.29. The maximum Gasteiger partial charge on any atom is 0.151 e. The Morgan fingerprint density at radius 1 is 1.36 bits per heavy atom. The quantitative estimate of drug-likeness (QED) is 0.677. The molecule has 0 atom stereocenters. The number of halogens is 1. The van der Waals surface area contributed by atoms with Crippen LogP contribution in [0, 0.1) is 0 Å². The zero-order valence-electron chi connectivity index (χ0n) is 5.92. The van der Waals surface area contributed by atoms with E-state index in [0.717, 1.165) is 18.8 Å². The van der Waals surface area contributed by atoms with Crippen molar-refractivity contribution in [3.05, 3.63) is 23.0 Å². The minimum absolute atomic E-state index is 0.459. The molecule has 0 amide bonds. The largest absolute Gasteiger partial charge is 0.315 e. The molecule has 1 saturated heterocycles. The predicted molar refractivity (Wildman–Crippen MR) is 42.7 cm³/mol. The second-order valence-electron chi connectivity index (χ2n) is 2.64. The van der Waals surface area contributed by atoms with E-state index in [1.54, 1.807) is 6.07 Å². The second-order valence-corrected chi connectivity index (χ2v) is 3.02. The molecule has 0 aromatic carbocycles. The van der Waals surface area contributed by atoms with Crippen molar-refractivity contribution in [2.45, 2.75) is 5.92 Å². The lowest BCUT2D eigenvalue weighted by atomic mass is 9.99. The Kier molecular flexibility index (Phi) is 1.75. The lowest BCUT2D eigenvalue weighted by Crippen LogP contribution is -2.40. The van der Waals surface area contributed by atoms with Crippen LogP contribution < -0.4 is 5.32 Å². The van der Waals surface area contributed by atoms with Crippen molar-refractivity contribution in [1.29, 1.82) is 0 Å². The monoisotopic (exact) mass is 169 g/mol. The number of aromatic nitrogens is 2. The van der Waals surface area contributed by atoms with Gasteiger partial charge in [0, 0.05) is 19.0 Å². The normalized spacial score (nSPS) is 17.9. The maximum absolute atomic E-state index is 5.59. The van der Waals surface area contributed by atoms with E-state index >= 15 is 0 Å². The first kappa shape index (κ1) is 7.00. The van der Waals surface area contributed by atoms with Crippen LogP contribution >= 0.6 is 11.6 Å². The summed E-state index contributed by atoms with van der Waals surface area (Å²) in [6.07, 6.45) is 0. The predicted octanol–water partition coefficient (Wildman–Crippen LogP) is 0.817. The second kappa shape index (κ2) is 2.75. The molecule has 2 rings (SSSR count). The van der Waals surface area contributed by atoms with Crippen molar-refractivity contribution in [1.82, 2.24) is 15.5 Å². The average molecular weight is 170 g/mol. The van der Waals surface area contributed by atoms with Crippen LogP contribution in [-0.2, 0) is 0 Å². The summed E-state index contributed by atoms with van der Waals surface area (Å²) in [5.41, 5.74) is 1.04. The van der Waals surface area contributed by atoms with E-state index in [4.69, 9.17) is 11.6 Å². The maximum atomic E-state index is 5.59. The molecule has 0 aliphatic carbocycles. The van der Waals surface area contributed by atoms with E-state index in [1.165, 1.54) is 0 Å². The summed E-state index contributed by atoms with van der Waals surface area (Å²) in [6, 6.07) is 3.71. The van der Waals surface area contributed by atoms with Gasteiger partial charge < -0.3 is 5.32 Å². The number of hydrogen-bond acceptors (Lipinski definition) is 3. The molecule has 1 aliphatic heterocycles. The SMILES string of the molecule is Clc1ccc(C2CNC2)nn1. The van der Waals surface area contributed by atoms with Crippen molar-refractivity contribution in [3.8, 4) is 0 Å². The van der Waals surface area contributed by atoms with Gasteiger partial charge in [0.15, 0.2) is 5.15 Å². The van der Waals surface area contributed by atoms with Gasteiger partial charge in [-0.2, -0.15) is 5.10 Å². The van der Waals surface area contributed by atoms with Gasteiger partial charge in [-0.15, -0.1) is 5.10 Å². The molecule has 1 aromatic heterocycles. The molecule has 3 nitrogen and oxygen atoms in total. The van der Waals surface area contributed by atoms with Crippen LogP contribution in [0.1, 0.15) is 11.6 Å². The lowest BCUT2D eigenvalue weighted by molar-refractivity contribution is 0.436. The molecule has 1 fully saturated rings. The van der Waals surface area contributed by atoms with Gasteiger partial charge in [-0.1, -0.05) is 11.6 Å². The van der Waals surface area contributed by atoms with Crippen LogP contribution in [-0.4, -0.2) is 23.3 Å². The minimum atomic E-state index is 0.459. The highest BCUT2D eigenvalue weighted by Gasteiger charge is 2.19. The Balaban J connectivity index is 2.18. The third-order valence-corrected chi connectivity index (χ3v) is 2.05. The van der Waals surface area contributed by atoms with Crippen molar-refractivity contribution in [3.63, 3.8) is 0 Å². The first-order chi connectivity index (χ1) is 5.36. The zero-order valence-corrected chi connectivity index (χ0v) is 6.67. The molecule has 0 saturated carbocycles. The molecule has 1 aliphatic rings. The van der Waals surface area contributed by atoms with Gasteiger partial charge in [-0.3, -0.25) is 0 Å². The molecule has 0 radical (unpaired) electrons. The Bertz CT molecular complexity index is 242. The third kappa shape index (κ3) is 1.34. The summed E-state index contributed by atoms with van der Waals surface area (Å²) in [6.45, 7) is 2.02. The molecular weight excluding hydrogens is 162 g/mol. The van der Waals surface area contributed by atoms with Gasteiger partial charge in [0.05, 0.1) is 5.69 Å². The molecular formula is C7H8ClN3. The van der Waals surface area contributed by atoms with E-state index in [0.29, 0.717) is 11.1 Å². The molecule has 4 heteroatoms. The van der Waals surface area contributed by atoms with Crippen LogP contribution in [0.25, 0.3) is 0 Å². The van der Waals surface area contributed by atoms with Gasteiger partial charge in [0.2, 0.25) is 0 Å². The zero-order chi connectivity index (χ0) is 7.68. The summed E-state index contributed by atoms with van der Waals surface area (Å²) < 4.78 is 0. The van der Waals surface area contributed by atoms with Crippen molar-refractivity contribution in [2.75, 3.05) is 13.1 Å². The van der Waals surface area contributed by atoms with Crippen molar-refractivity contribution in [2.24, 2.45) is 0 Å². The number of nitrogens with zero attached hydrogens (tertiary/aromatic N) is 2. The highest BCUT2D eigenvalue weighted by atomic mass is 35.5. The smallest absolute Gasteiger partial charge is 0.151 e. The summed E-state index contributed by atoms with van der Waals surface area (Å²) in [7, 11) is 0. The van der Waals surface area contributed by atoms with Gasteiger partial charge in [0.25, 0.3) is 0 Å². The Hall–Kier alpha value is -0.670. The van der Waals surface area contributed by atoms with E-state index in [1.807, 2.05) is 6.07 Å². The van der Waals surface area contributed by atoms with Gasteiger partial charge in [0.1, 0.15) is 0 Å². The molecule has 1 N–H and O–H groups in total. The Morgan fingerprint density at radius 2 is 2.18 bits per heavy atom. The van der Waals surface area contributed by atoms with Crippen LogP contribution in [0.2, 0.25) is 5.15 Å². The van der Waals surface area contributed by atoms with Crippen LogP contribution in [0.4, 0.5) is 0 Å². The summed E-state index contributed by atoms with van der Waals surface area (Å²) in [5, 5.41) is 11.4. The fraction of sp³-hybridized carbons (Fsp3) is 0.429. The summed E-state index contributed by atoms with van der Waals surface area (Å²) in [4.78, 5) is 0. The molecule has 0 spiro atoms. The van der Waals surface area contributed by atoms with E-state index in [-0.39, 0.29) is 0 Å². The van der Waals surface area contributed by atoms with E-state index in [2.05, 4.69) is 15.5 Å². The first-order valence-electron chi connectivity index (χ1n) is 3.56. The highest BCUT2D eigenvalue weighted by Crippen LogP contribution is 2.16. The molecule has 11 heavy (non-hydrogen) atoms. The van der Waals surface area contributed by atoms with Crippen LogP contribution in [0.5, 0.6) is 0 Å². The molecule has 0 bridgehead atoms. The van der Waals surface area contributed by atoms with Crippen molar-refractivity contribution >= 4 is 11.6 Å². The number of nitrogens with one attached hydrogen (secondary N) is 1. The molecule has 2 heterocycles. The van der Waals surface area contributed by atoms with Crippen LogP contribution in [0.15, 0.2) is 12.1 Å². The fourth-order valence-corrected chi connectivity index (χ4v) is 1.14. The third-order valence-electron chi connectivity index (χ3n) is 1.85. The van der Waals surface area contributed by atoms with Gasteiger partial charge >= 0.3 is 0 Å². The lowest BCUT2D eigenvalue weighted by Gasteiger charge is -2.25. The van der Waals surface area contributed by atoms with Gasteiger partial charge in [-0.05, 0) is 12.1 Å². The number of rotatable bonds is 1. The van der Waals surface area contributed by atoms with E-state index in [9.17, 15) is 0 Å². The fourth-order valence-electron chi connectivity index (χ4n) is 1.04. The standard InChI is InChI=1S/C7H8ClN3/c8-7-2-1-6(10-11-7)5-3-9-4-5/h1-2,5,9H,3-4H2. The number of hydrogen-bond donors (Lipinski definition) is 1. The summed E-state index contributed by atoms with van der Waals surface area (Å²) >= 11 is 5.59. The van der Waals surface area contributed by atoms with Crippen LogP contribution in [0.3, 0.4) is 0 Å². The molecule has 1 aromatic rings. The van der Waals surface area contributed by atoms with Gasteiger partial charge in [-0.25, -0.2) is 0 Å². The average Bonchev–Trinajstić information content (AvgIpc) is 1.90. The van der Waals surface area contributed by atoms with E-state index < -0.39 is 0 Å². The minimum Gasteiger partial charge on any atom is -0.315 e. The first-order valence-corrected chi connectivity index (χ1v) is 3.94.